The van der Waals surface area contributed by atoms with Gasteiger partial charge >= 0.3 is 12.0 Å². The van der Waals surface area contributed by atoms with Gasteiger partial charge in [0.1, 0.15) is 30.0 Å². The highest BCUT2D eigenvalue weighted by Gasteiger charge is 2.53. The molecule has 2 amide bonds. The van der Waals surface area contributed by atoms with E-state index in [0.29, 0.717) is 12.1 Å². The van der Waals surface area contributed by atoms with Crippen LogP contribution in [0.25, 0.3) is 0 Å². The normalized spacial score (nSPS) is 43.6. The van der Waals surface area contributed by atoms with Gasteiger partial charge < -0.3 is 69.1 Å². The minimum atomic E-state index is -2.05. The van der Waals surface area contributed by atoms with Gasteiger partial charge in [0.15, 0.2) is 12.6 Å². The van der Waals surface area contributed by atoms with Crippen molar-refractivity contribution in [3.63, 3.8) is 0 Å². The highest BCUT2D eigenvalue weighted by Crippen LogP contribution is 2.40. The summed E-state index contributed by atoms with van der Waals surface area (Å²) in [4.78, 5) is 31.9. The van der Waals surface area contributed by atoms with E-state index >= 15 is 0 Å². The Bertz CT molecular complexity index is 1590. The first kappa shape index (κ1) is 51.6. The number of benzene rings is 1. The maximum Gasteiger partial charge on any atom is 0.322 e. The summed E-state index contributed by atoms with van der Waals surface area (Å²) in [5.74, 6) is -3.20. The average Bonchev–Trinajstić information content (AvgIpc) is 3.18. The van der Waals surface area contributed by atoms with Gasteiger partial charge in [-0.05, 0) is 112 Å². The van der Waals surface area contributed by atoms with E-state index in [4.69, 9.17) is 28.4 Å². The minimum Gasteiger partial charge on any atom is -0.459 e. The third kappa shape index (κ3) is 12.0. The third-order valence-corrected chi connectivity index (χ3v) is 13.8. The zero-order valence-electron chi connectivity index (χ0n) is 38.3. The van der Waals surface area contributed by atoms with Gasteiger partial charge in [-0.3, -0.25) is 4.79 Å². The van der Waals surface area contributed by atoms with Crippen LogP contribution in [0.4, 0.5) is 10.5 Å². The van der Waals surface area contributed by atoms with Crippen LogP contribution in [0.5, 0.6) is 0 Å². The lowest BCUT2D eigenvalue weighted by atomic mass is 9.77. The molecule has 18 atom stereocenters. The molecule has 0 spiro atoms. The average molecular weight is 933 g/mol. The number of hydrogen-bond donors (Lipinski definition) is 6. The topological polar surface area (TPSA) is 209 Å². The number of anilines is 1. The molecule has 3 aliphatic rings. The van der Waals surface area contributed by atoms with Crippen molar-refractivity contribution < 1.29 is 63.5 Å². The summed E-state index contributed by atoms with van der Waals surface area (Å²) in [7, 11) is 5.21. The quantitative estimate of drug-likeness (QED) is 0.202. The summed E-state index contributed by atoms with van der Waals surface area (Å²) in [6.45, 7) is 16.9. The van der Waals surface area contributed by atoms with Gasteiger partial charge in [-0.25, -0.2) is 4.79 Å². The minimum absolute atomic E-state index is 0.00878. The molecule has 17 heteroatoms. The van der Waals surface area contributed by atoms with Gasteiger partial charge in [0.25, 0.3) is 0 Å². The Labute approximate surface area is 370 Å². The van der Waals surface area contributed by atoms with E-state index in [9.17, 15) is 35.1 Å². The van der Waals surface area contributed by atoms with E-state index in [1.54, 1.807) is 72.7 Å². The van der Waals surface area contributed by atoms with Crippen molar-refractivity contribution in [2.45, 2.75) is 185 Å². The molecule has 0 aromatic heterocycles. The number of amides is 2. The number of nitrogens with zero attached hydrogens (tertiary/aromatic N) is 2. The Morgan fingerprint density at radius 3 is 2.16 bits per heavy atom. The fourth-order valence-electron chi connectivity index (χ4n) is 9.51. The zero-order chi connectivity index (χ0) is 45.9. The first-order valence-corrected chi connectivity index (χ1v) is 22.4. The zero-order valence-corrected chi connectivity index (χ0v) is 39.9. The van der Waals surface area contributed by atoms with E-state index in [1.165, 1.54) is 18.9 Å². The Kier molecular flexibility index (Phi) is 17.7. The first-order valence-electron chi connectivity index (χ1n) is 21.6. The van der Waals surface area contributed by atoms with Crippen LogP contribution in [-0.4, -0.2) is 165 Å². The molecule has 3 fully saturated rings. The first-order chi connectivity index (χ1) is 28.3. The molecule has 350 valence electrons. The monoisotopic (exact) mass is 931 g/mol. The predicted molar refractivity (Wildman–Crippen MR) is 231 cm³/mol. The fraction of sp³-hybridized carbons (Fsp3) is 0.818. The second kappa shape index (κ2) is 20.9. The van der Waals surface area contributed by atoms with Gasteiger partial charge in [0.2, 0.25) is 0 Å². The van der Waals surface area contributed by atoms with Gasteiger partial charge in [0, 0.05) is 42.2 Å². The standard InChI is InChI=1S/C44H74BrN3O13/c1-14-32-44(10,55)36(50)27(6)48(41(53)46-30-17-15-29(45)16-18-30)22-23(2)20-42(8,54)38(61-40-34(49)31(47(11)12)19-24(3)57-40)25(4)35(26(5)39(52)59-32)60-33-21-43(9,56-13)37(51)28(7)58-33/h15-18,23-28,31-38,40,49-51,54-55H,14,19-22H2,1-13H3,(H,46,53)/t23-,24-,25+,26-,27-,28+,31-,32-,33+,34-,35+,36-,37+,38-,40+,42-,43-,44-/m1/s1. The molecule has 4 rings (SSSR count). The maximum atomic E-state index is 14.5. The number of carbonyl (C=O) groups excluding carboxylic acids is 2. The molecule has 0 aliphatic carbocycles. The predicted octanol–water partition coefficient (Wildman–Crippen LogP) is 4.27. The van der Waals surface area contributed by atoms with Crippen molar-refractivity contribution in [1.29, 1.82) is 0 Å². The van der Waals surface area contributed by atoms with Crippen molar-refractivity contribution in [3.8, 4) is 0 Å². The lowest BCUT2D eigenvalue weighted by Gasteiger charge is -2.48. The van der Waals surface area contributed by atoms with Crippen LogP contribution in [-0.2, 0) is 33.2 Å². The number of aliphatic hydroxyl groups is 5. The summed E-state index contributed by atoms with van der Waals surface area (Å²) in [5, 5.41) is 62.4. The molecule has 0 bridgehead atoms. The van der Waals surface area contributed by atoms with Crippen LogP contribution in [0, 0.1) is 17.8 Å². The molecule has 0 unspecified atom stereocenters. The van der Waals surface area contributed by atoms with E-state index in [2.05, 4.69) is 21.2 Å². The highest BCUT2D eigenvalue weighted by molar-refractivity contribution is 9.10. The SMILES string of the molecule is CC[C@H]1OC(=O)[C@H](C)[C@@H](O[C@H]2C[C@@](C)(OC)[C@@H](O)[C@H](C)O2)[C@H](C)[C@@H](O[C@@H]2O[C@H](C)C[C@@H](N(C)C)[C@H]2O)[C@](C)(O)C[C@@H](C)CN(C(=O)Nc2ccc(Br)cc2)[C@H](C)[C@@H](O)[C@]1(C)O. The number of rotatable bonds is 8. The van der Waals surface area contributed by atoms with Crippen LogP contribution in [0.2, 0.25) is 0 Å². The van der Waals surface area contributed by atoms with Crippen molar-refractivity contribution in [2.75, 3.05) is 33.1 Å². The molecule has 6 N–H and O–H groups in total. The van der Waals surface area contributed by atoms with Crippen LogP contribution < -0.4 is 5.32 Å². The number of urea groups is 1. The molecule has 3 aliphatic heterocycles. The smallest absolute Gasteiger partial charge is 0.322 e. The Balaban J connectivity index is 1.86. The number of hydrogen-bond acceptors (Lipinski definition) is 14. The third-order valence-electron chi connectivity index (χ3n) is 13.3. The van der Waals surface area contributed by atoms with Crippen molar-refractivity contribution in [1.82, 2.24) is 9.80 Å². The molecule has 3 heterocycles. The van der Waals surface area contributed by atoms with Crippen LogP contribution in [0.15, 0.2) is 28.7 Å². The van der Waals surface area contributed by atoms with E-state index in [-0.39, 0.29) is 38.0 Å². The van der Waals surface area contributed by atoms with Gasteiger partial charge in [0.05, 0.1) is 47.6 Å². The molecule has 1 aromatic carbocycles. The van der Waals surface area contributed by atoms with Crippen LogP contribution >= 0.6 is 15.9 Å². The number of methoxy groups -OCH3 is 1. The Morgan fingerprint density at radius 1 is 0.967 bits per heavy atom. The largest absolute Gasteiger partial charge is 0.459 e. The maximum absolute atomic E-state index is 14.5. The number of likely N-dealkylation sites (N-methyl/N-ethyl adjacent to an activating group) is 1. The molecular formula is C44H74BrN3O13. The van der Waals surface area contributed by atoms with Crippen LogP contribution in [0.3, 0.4) is 0 Å². The highest BCUT2D eigenvalue weighted by atomic mass is 79.9. The van der Waals surface area contributed by atoms with Gasteiger partial charge in [-0.15, -0.1) is 0 Å². The molecule has 16 nitrogen and oxygen atoms in total. The number of esters is 1. The summed E-state index contributed by atoms with van der Waals surface area (Å²) in [5.41, 5.74) is -4.37. The number of aliphatic hydroxyl groups excluding tert-OH is 3. The van der Waals surface area contributed by atoms with E-state index < -0.39 is 108 Å². The number of ether oxygens (including phenoxy) is 6. The summed E-state index contributed by atoms with van der Waals surface area (Å²) in [6.07, 6.45) is -9.75. The molecule has 3 saturated heterocycles. The summed E-state index contributed by atoms with van der Waals surface area (Å²) >= 11 is 3.41. The van der Waals surface area contributed by atoms with Gasteiger partial charge in [-0.2, -0.15) is 0 Å². The molecule has 0 radical (unpaired) electrons. The molecule has 1 aromatic rings. The number of halogens is 1. The van der Waals surface area contributed by atoms with Crippen molar-refractivity contribution >= 4 is 33.6 Å². The van der Waals surface area contributed by atoms with Crippen LogP contribution in [0.1, 0.15) is 94.9 Å². The second-order valence-corrected chi connectivity index (χ2v) is 19.7. The van der Waals surface area contributed by atoms with Crippen molar-refractivity contribution in [2.24, 2.45) is 17.8 Å². The van der Waals surface area contributed by atoms with E-state index in [0.717, 1.165) is 4.47 Å². The molecule has 0 saturated carbocycles. The molecular weight excluding hydrogens is 858 g/mol. The summed E-state index contributed by atoms with van der Waals surface area (Å²) < 4.78 is 38.6. The second-order valence-electron chi connectivity index (χ2n) is 18.8. The van der Waals surface area contributed by atoms with Crippen molar-refractivity contribution in [3.05, 3.63) is 28.7 Å². The lowest BCUT2D eigenvalue weighted by molar-refractivity contribution is -0.318. The Morgan fingerprint density at radius 2 is 1.59 bits per heavy atom. The fourth-order valence-corrected chi connectivity index (χ4v) is 9.77. The Hall–Kier alpha value is -2.00. The molecule has 61 heavy (non-hydrogen) atoms. The van der Waals surface area contributed by atoms with Gasteiger partial charge in [-0.1, -0.05) is 36.7 Å². The summed E-state index contributed by atoms with van der Waals surface area (Å²) in [6, 6.07) is 5.06. The number of nitrogens with one attached hydrogen (secondary N) is 1. The number of cyclic esters (lactones) is 1. The lowest BCUT2D eigenvalue weighted by Crippen LogP contribution is -2.61. The number of carbonyl (C=O) groups is 2. The van der Waals surface area contributed by atoms with E-state index in [1.807, 2.05) is 32.8 Å².